The maximum Gasteiger partial charge on any atom is 0.267 e. The van der Waals surface area contributed by atoms with E-state index in [1.54, 1.807) is 17.0 Å². The first kappa shape index (κ1) is 30.2. The molecular formula is C31H46FN5O3. The van der Waals surface area contributed by atoms with Gasteiger partial charge in [0.05, 0.1) is 12.0 Å². The van der Waals surface area contributed by atoms with E-state index in [1.165, 1.54) is 18.6 Å². The molecule has 8 nitrogen and oxygen atoms in total. The molecule has 2 N–H and O–H groups in total. The first-order chi connectivity index (χ1) is 19.0. The van der Waals surface area contributed by atoms with Crippen molar-refractivity contribution < 1.29 is 18.8 Å². The summed E-state index contributed by atoms with van der Waals surface area (Å²) in [4.78, 5) is 49.0. The minimum atomic E-state index is -0.807. The van der Waals surface area contributed by atoms with Gasteiger partial charge in [0.15, 0.2) is 0 Å². The number of piperidine rings is 1. The number of amides is 3. The van der Waals surface area contributed by atoms with Crippen LogP contribution in [0.4, 0.5) is 4.39 Å². The van der Waals surface area contributed by atoms with E-state index in [4.69, 9.17) is 0 Å². The van der Waals surface area contributed by atoms with E-state index < -0.39 is 11.5 Å². The van der Waals surface area contributed by atoms with Crippen LogP contribution in [0, 0.1) is 17.2 Å². The Hall–Kier alpha value is -2.81. The zero-order valence-electron chi connectivity index (χ0n) is 24.6. The number of likely N-dealkylation sites (tertiary alicyclic amines) is 1. The van der Waals surface area contributed by atoms with Gasteiger partial charge in [-0.05, 0) is 77.1 Å². The number of likely N-dealkylation sites (N-methyl/N-ethyl adjacent to an activating group) is 1. The van der Waals surface area contributed by atoms with E-state index in [2.05, 4.69) is 15.6 Å². The summed E-state index contributed by atoms with van der Waals surface area (Å²) in [7, 11) is 1.94. The quantitative estimate of drug-likeness (QED) is 0.540. The maximum atomic E-state index is 13.9. The highest BCUT2D eigenvalue weighted by Gasteiger charge is 2.49. The van der Waals surface area contributed by atoms with Gasteiger partial charge in [-0.25, -0.2) is 4.39 Å². The highest BCUT2D eigenvalue weighted by molar-refractivity contribution is 6.40. The van der Waals surface area contributed by atoms with Gasteiger partial charge in [0.25, 0.3) is 5.91 Å². The molecule has 0 unspecified atom stereocenters. The van der Waals surface area contributed by atoms with Crippen molar-refractivity contribution in [1.82, 2.24) is 20.4 Å². The Kier molecular flexibility index (Phi) is 9.64. The van der Waals surface area contributed by atoms with Crippen LogP contribution < -0.4 is 10.6 Å². The Morgan fingerprint density at radius 3 is 2.30 bits per heavy atom. The molecule has 40 heavy (non-hydrogen) atoms. The molecule has 0 aromatic heterocycles. The Bertz CT molecular complexity index is 1080. The van der Waals surface area contributed by atoms with Gasteiger partial charge in [-0.3, -0.25) is 24.3 Å². The number of carbonyl (C=O) groups is 3. The number of nitrogens with zero attached hydrogens (tertiary/aromatic N) is 3. The molecule has 9 heteroatoms. The van der Waals surface area contributed by atoms with Crippen molar-refractivity contribution in [1.29, 1.82) is 0 Å². The van der Waals surface area contributed by atoms with Gasteiger partial charge < -0.3 is 15.5 Å². The molecule has 1 aliphatic carbocycles. The van der Waals surface area contributed by atoms with Crippen LogP contribution >= 0.6 is 0 Å². The van der Waals surface area contributed by atoms with Gasteiger partial charge in [0, 0.05) is 38.1 Å². The summed E-state index contributed by atoms with van der Waals surface area (Å²) in [6.45, 7) is 8.72. The smallest absolute Gasteiger partial charge is 0.267 e. The molecule has 0 radical (unpaired) electrons. The molecule has 1 aromatic carbocycles. The fourth-order valence-corrected chi connectivity index (χ4v) is 6.47. The van der Waals surface area contributed by atoms with Gasteiger partial charge in [0.1, 0.15) is 17.6 Å². The summed E-state index contributed by atoms with van der Waals surface area (Å²) < 4.78 is 13.6. The largest absolute Gasteiger partial charge is 0.351 e. The van der Waals surface area contributed by atoms with E-state index in [1.807, 2.05) is 32.7 Å². The zero-order valence-corrected chi connectivity index (χ0v) is 24.6. The van der Waals surface area contributed by atoms with Crippen molar-refractivity contribution in [3.63, 3.8) is 0 Å². The highest BCUT2D eigenvalue weighted by Crippen LogP contribution is 2.46. The number of aliphatic imine (C=N–C) groups is 1. The number of benzene rings is 1. The predicted molar refractivity (Wildman–Crippen MR) is 155 cm³/mol. The van der Waals surface area contributed by atoms with Crippen molar-refractivity contribution >= 4 is 23.4 Å². The fraction of sp³-hybridized carbons (Fsp3) is 0.677. The number of nitrogens with one attached hydrogen (secondary N) is 2. The van der Waals surface area contributed by atoms with E-state index in [0.717, 1.165) is 37.8 Å². The molecule has 0 spiro atoms. The van der Waals surface area contributed by atoms with Crippen LogP contribution in [-0.4, -0.2) is 84.6 Å². The average Bonchev–Trinajstić information content (AvgIpc) is 2.93. The number of halogens is 1. The normalized spacial score (nSPS) is 21.3. The standard InChI is InChI=1S/C31H46FN5O3/c1-30(2,3)35-29(40)31(23-8-6-5-7-9-23)14-17-37(18-15-31)28(39)25(20-22-10-12-24(32)13-11-22)34-27(38)26-21-36(4)19-16-33-26/h10-13,23,25H,5-9,14-21H2,1-4H3,(H,34,38)(H,35,40)/t25-/m1/s1. The molecule has 3 amide bonds. The van der Waals surface area contributed by atoms with Gasteiger partial charge in [0.2, 0.25) is 11.8 Å². The van der Waals surface area contributed by atoms with E-state index >= 15 is 0 Å². The second kappa shape index (κ2) is 12.8. The summed E-state index contributed by atoms with van der Waals surface area (Å²) in [6, 6.07) is 5.22. The maximum absolute atomic E-state index is 13.9. The number of hydrogen-bond donors (Lipinski definition) is 2. The third kappa shape index (κ3) is 7.47. The zero-order chi connectivity index (χ0) is 28.9. The summed E-state index contributed by atoms with van der Waals surface area (Å²) in [5.74, 6) is -0.439. The second-order valence-electron chi connectivity index (χ2n) is 12.9. The molecular weight excluding hydrogens is 509 g/mol. The molecule has 1 atom stereocenters. The lowest BCUT2D eigenvalue weighted by atomic mass is 9.63. The lowest BCUT2D eigenvalue weighted by Crippen LogP contribution is -2.59. The van der Waals surface area contributed by atoms with Crippen LogP contribution in [0.1, 0.15) is 71.3 Å². The number of rotatable bonds is 7. The third-order valence-corrected chi connectivity index (χ3v) is 8.72. The first-order valence-corrected chi connectivity index (χ1v) is 14.9. The molecule has 2 fully saturated rings. The molecule has 1 aromatic rings. The Morgan fingerprint density at radius 2 is 1.70 bits per heavy atom. The van der Waals surface area contributed by atoms with E-state index in [9.17, 15) is 18.8 Å². The van der Waals surface area contributed by atoms with Crippen LogP contribution in [-0.2, 0) is 20.8 Å². The van der Waals surface area contributed by atoms with Crippen LogP contribution in [0.3, 0.4) is 0 Å². The number of hydrogen-bond acceptors (Lipinski definition) is 5. The minimum absolute atomic E-state index is 0.106. The molecule has 4 rings (SSSR count). The van der Waals surface area contributed by atoms with Crippen LogP contribution in [0.2, 0.25) is 0 Å². The molecule has 220 valence electrons. The van der Waals surface area contributed by atoms with Crippen molar-refractivity contribution in [2.24, 2.45) is 16.3 Å². The predicted octanol–water partition coefficient (Wildman–Crippen LogP) is 3.34. The molecule has 1 saturated heterocycles. The van der Waals surface area contributed by atoms with E-state index in [-0.39, 0.29) is 35.5 Å². The molecule has 0 bridgehead atoms. The van der Waals surface area contributed by atoms with Gasteiger partial charge >= 0.3 is 0 Å². The third-order valence-electron chi connectivity index (χ3n) is 8.72. The molecule has 1 saturated carbocycles. The second-order valence-corrected chi connectivity index (χ2v) is 12.9. The molecule has 3 aliphatic rings. The molecule has 2 aliphatic heterocycles. The summed E-state index contributed by atoms with van der Waals surface area (Å²) >= 11 is 0. The molecule has 2 heterocycles. The van der Waals surface area contributed by atoms with Crippen LogP contribution in [0.25, 0.3) is 0 Å². The van der Waals surface area contributed by atoms with Gasteiger partial charge in [-0.2, -0.15) is 0 Å². The van der Waals surface area contributed by atoms with Crippen molar-refractivity contribution in [2.45, 2.75) is 83.7 Å². The Balaban J connectivity index is 1.51. The van der Waals surface area contributed by atoms with Gasteiger partial charge in [-0.1, -0.05) is 31.4 Å². The summed E-state index contributed by atoms with van der Waals surface area (Å²) in [6.07, 6.45) is 7.06. The van der Waals surface area contributed by atoms with Crippen molar-refractivity contribution in [3.05, 3.63) is 35.6 Å². The van der Waals surface area contributed by atoms with Crippen LogP contribution in [0.15, 0.2) is 29.3 Å². The van der Waals surface area contributed by atoms with Crippen molar-refractivity contribution in [3.8, 4) is 0 Å². The summed E-state index contributed by atoms with van der Waals surface area (Å²) in [5, 5.41) is 6.19. The van der Waals surface area contributed by atoms with Crippen molar-refractivity contribution in [2.75, 3.05) is 39.8 Å². The SMILES string of the molecule is CN1CCN=C(C(=O)N[C@H](Cc2ccc(F)cc2)C(=O)N2CCC(C(=O)NC(C)(C)C)(C3CCCCC3)CC2)C1. The Labute approximate surface area is 238 Å². The number of carbonyl (C=O) groups excluding carboxylic acids is 3. The lowest BCUT2D eigenvalue weighted by molar-refractivity contribution is -0.147. The first-order valence-electron chi connectivity index (χ1n) is 14.9. The summed E-state index contributed by atoms with van der Waals surface area (Å²) in [5.41, 5.74) is 0.369. The minimum Gasteiger partial charge on any atom is -0.351 e. The lowest BCUT2D eigenvalue weighted by Gasteiger charge is -2.48. The van der Waals surface area contributed by atoms with Gasteiger partial charge in [-0.15, -0.1) is 0 Å². The Morgan fingerprint density at radius 1 is 1.05 bits per heavy atom. The van der Waals surface area contributed by atoms with E-state index in [0.29, 0.717) is 50.7 Å². The topological polar surface area (TPSA) is 94.1 Å². The average molecular weight is 556 g/mol. The highest BCUT2D eigenvalue weighted by atomic mass is 19.1. The fourth-order valence-electron chi connectivity index (χ4n) is 6.47. The van der Waals surface area contributed by atoms with Crippen LogP contribution in [0.5, 0.6) is 0 Å². The monoisotopic (exact) mass is 555 g/mol.